The normalized spacial score (nSPS) is 13.9. The number of urea groups is 1. The van der Waals surface area contributed by atoms with E-state index in [0.717, 1.165) is 42.2 Å². The zero-order valence-corrected chi connectivity index (χ0v) is 19.0. The number of benzene rings is 3. The van der Waals surface area contributed by atoms with Crippen LogP contribution in [0.4, 0.5) is 4.79 Å². The first-order valence-corrected chi connectivity index (χ1v) is 11.9. The second-order valence-corrected chi connectivity index (χ2v) is 8.76. The van der Waals surface area contributed by atoms with Gasteiger partial charge in [-0.25, -0.2) is 9.48 Å². The fraction of sp³-hybridized carbons (Fsp3) is 0.250. The molecule has 1 fully saturated rings. The molecule has 1 aromatic heterocycles. The Hall–Kier alpha value is -3.93. The third-order valence-electron chi connectivity index (χ3n) is 6.53. The van der Waals surface area contributed by atoms with Crippen LogP contribution in [-0.2, 0) is 6.54 Å². The van der Waals surface area contributed by atoms with Crippen molar-refractivity contribution in [2.75, 3.05) is 0 Å². The van der Waals surface area contributed by atoms with E-state index < -0.39 is 0 Å². The van der Waals surface area contributed by atoms with Crippen LogP contribution in [0, 0.1) is 0 Å². The minimum atomic E-state index is -0.290. The summed E-state index contributed by atoms with van der Waals surface area (Å²) < 4.78 is 1.64. The van der Waals surface area contributed by atoms with Crippen molar-refractivity contribution in [1.29, 1.82) is 0 Å². The molecular formula is C28H28N4O2. The van der Waals surface area contributed by atoms with Crippen LogP contribution >= 0.6 is 0 Å². The zero-order chi connectivity index (χ0) is 23.3. The van der Waals surface area contributed by atoms with E-state index in [-0.39, 0.29) is 30.2 Å². The number of hydrogen-bond donors (Lipinski definition) is 2. The van der Waals surface area contributed by atoms with Gasteiger partial charge >= 0.3 is 6.03 Å². The van der Waals surface area contributed by atoms with Crippen molar-refractivity contribution in [1.82, 2.24) is 20.4 Å². The molecule has 172 valence electrons. The zero-order valence-electron chi connectivity index (χ0n) is 19.0. The van der Waals surface area contributed by atoms with E-state index >= 15 is 0 Å². The molecule has 6 heteroatoms. The summed E-state index contributed by atoms with van der Waals surface area (Å²) in [5.41, 5.74) is 2.65. The molecule has 1 heterocycles. The van der Waals surface area contributed by atoms with Crippen LogP contribution in [0.15, 0.2) is 89.7 Å². The van der Waals surface area contributed by atoms with Gasteiger partial charge in [-0.1, -0.05) is 91.7 Å². The predicted molar refractivity (Wildman–Crippen MR) is 134 cm³/mol. The Bertz CT molecular complexity index is 1290. The third kappa shape index (κ3) is 4.57. The van der Waals surface area contributed by atoms with E-state index in [1.54, 1.807) is 4.68 Å². The molecule has 1 saturated carbocycles. The number of carbonyl (C=O) groups is 1. The van der Waals surface area contributed by atoms with Gasteiger partial charge < -0.3 is 10.6 Å². The highest BCUT2D eigenvalue weighted by Gasteiger charge is 2.22. The van der Waals surface area contributed by atoms with Crippen LogP contribution in [0.3, 0.4) is 0 Å². The van der Waals surface area contributed by atoms with Crippen molar-refractivity contribution < 1.29 is 4.79 Å². The van der Waals surface area contributed by atoms with Gasteiger partial charge in [-0.05, 0) is 30.0 Å². The first kappa shape index (κ1) is 21.9. The summed E-state index contributed by atoms with van der Waals surface area (Å²) in [4.78, 5) is 26.1. The molecule has 0 saturated heterocycles. The number of hydrogen-bond acceptors (Lipinski definition) is 3. The fourth-order valence-electron chi connectivity index (χ4n) is 4.80. The maximum absolute atomic E-state index is 13.1. The first-order valence-electron chi connectivity index (χ1n) is 11.9. The quantitative estimate of drug-likeness (QED) is 0.427. The van der Waals surface area contributed by atoms with E-state index in [1.165, 1.54) is 0 Å². The molecule has 0 unspecified atom stereocenters. The standard InChI is InChI=1S/C28H28N4O2/c33-27-24-18-10-9-17-23(24)25(31-32(27)22-15-7-8-16-22)19-29-28(34)30-26(20-11-3-1-4-12-20)21-13-5-2-6-14-21/h1-6,9-14,17-18,22,26H,7-8,15-16,19H2,(H2,29,30,34). The van der Waals surface area contributed by atoms with Crippen LogP contribution in [0.25, 0.3) is 10.8 Å². The van der Waals surface area contributed by atoms with E-state index in [2.05, 4.69) is 10.6 Å². The molecule has 5 rings (SSSR count). The van der Waals surface area contributed by atoms with Gasteiger partial charge in [-0.3, -0.25) is 4.79 Å². The molecule has 1 aliphatic rings. The molecule has 2 N–H and O–H groups in total. The largest absolute Gasteiger partial charge is 0.332 e. The number of carbonyl (C=O) groups excluding carboxylic acids is 1. The second-order valence-electron chi connectivity index (χ2n) is 8.76. The van der Waals surface area contributed by atoms with Crippen LogP contribution in [-0.4, -0.2) is 15.8 Å². The number of fused-ring (bicyclic) bond motifs is 1. The van der Waals surface area contributed by atoms with Crippen molar-refractivity contribution in [2.24, 2.45) is 0 Å². The maximum Gasteiger partial charge on any atom is 0.315 e. The SMILES string of the molecule is O=C(NCc1nn(C2CCCC2)c(=O)c2ccccc12)NC(c1ccccc1)c1ccccc1. The van der Waals surface area contributed by atoms with Gasteiger partial charge in [0.2, 0.25) is 0 Å². The summed E-state index contributed by atoms with van der Waals surface area (Å²) in [6.07, 6.45) is 4.16. The summed E-state index contributed by atoms with van der Waals surface area (Å²) >= 11 is 0. The Morgan fingerprint density at radius 1 is 0.853 bits per heavy atom. The average molecular weight is 453 g/mol. The summed E-state index contributed by atoms with van der Waals surface area (Å²) in [5.74, 6) is 0. The van der Waals surface area contributed by atoms with Gasteiger partial charge in [0.05, 0.1) is 29.7 Å². The molecule has 3 aromatic carbocycles. The molecular weight excluding hydrogens is 424 g/mol. The molecule has 34 heavy (non-hydrogen) atoms. The maximum atomic E-state index is 13.1. The van der Waals surface area contributed by atoms with Gasteiger partial charge in [0.15, 0.2) is 0 Å². The molecule has 0 spiro atoms. The minimum absolute atomic E-state index is 0.0519. The van der Waals surface area contributed by atoms with Gasteiger partial charge in [0, 0.05) is 5.39 Å². The molecule has 0 bridgehead atoms. The fourth-order valence-corrected chi connectivity index (χ4v) is 4.80. The number of nitrogens with zero attached hydrogens (tertiary/aromatic N) is 2. The Labute approximate surface area is 198 Å². The van der Waals surface area contributed by atoms with E-state index in [0.29, 0.717) is 11.1 Å². The van der Waals surface area contributed by atoms with Crippen LogP contribution in [0.2, 0.25) is 0 Å². The topological polar surface area (TPSA) is 76.0 Å². The summed E-state index contributed by atoms with van der Waals surface area (Å²) in [6.45, 7) is 0.232. The molecule has 4 aromatic rings. The van der Waals surface area contributed by atoms with Crippen LogP contribution < -0.4 is 16.2 Å². The smallest absolute Gasteiger partial charge is 0.315 e. The van der Waals surface area contributed by atoms with E-state index in [1.807, 2.05) is 84.9 Å². The van der Waals surface area contributed by atoms with Gasteiger partial charge in [0.25, 0.3) is 5.56 Å². The third-order valence-corrected chi connectivity index (χ3v) is 6.53. The van der Waals surface area contributed by atoms with Crippen molar-refractivity contribution >= 4 is 16.8 Å². The van der Waals surface area contributed by atoms with Crippen LogP contribution in [0.5, 0.6) is 0 Å². The first-order chi connectivity index (χ1) is 16.7. The van der Waals surface area contributed by atoms with Crippen molar-refractivity contribution in [3.05, 3.63) is 112 Å². The van der Waals surface area contributed by atoms with Crippen molar-refractivity contribution in [3.8, 4) is 0 Å². The summed E-state index contributed by atoms with van der Waals surface area (Å²) in [7, 11) is 0. The number of amides is 2. The second kappa shape index (κ2) is 9.91. The lowest BCUT2D eigenvalue weighted by Crippen LogP contribution is -2.38. The Morgan fingerprint density at radius 3 is 2.03 bits per heavy atom. The monoisotopic (exact) mass is 452 g/mol. The summed E-state index contributed by atoms with van der Waals surface area (Å²) in [5, 5.41) is 12.2. The van der Waals surface area contributed by atoms with E-state index in [9.17, 15) is 9.59 Å². The highest BCUT2D eigenvalue weighted by molar-refractivity contribution is 5.84. The van der Waals surface area contributed by atoms with Gasteiger partial charge in [-0.2, -0.15) is 5.10 Å². The lowest BCUT2D eigenvalue weighted by molar-refractivity contribution is 0.238. The molecule has 0 atom stereocenters. The van der Waals surface area contributed by atoms with Gasteiger partial charge in [-0.15, -0.1) is 0 Å². The van der Waals surface area contributed by atoms with Crippen molar-refractivity contribution in [2.45, 2.75) is 44.3 Å². The molecule has 6 nitrogen and oxygen atoms in total. The van der Waals surface area contributed by atoms with Gasteiger partial charge in [0.1, 0.15) is 0 Å². The Balaban J connectivity index is 1.39. The Kier molecular flexibility index (Phi) is 6.38. The van der Waals surface area contributed by atoms with E-state index in [4.69, 9.17) is 5.10 Å². The lowest BCUT2D eigenvalue weighted by atomic mass is 9.99. The van der Waals surface area contributed by atoms with Crippen LogP contribution in [0.1, 0.15) is 54.6 Å². The summed E-state index contributed by atoms with van der Waals surface area (Å²) in [6, 6.07) is 26.9. The molecule has 1 aliphatic carbocycles. The highest BCUT2D eigenvalue weighted by atomic mass is 16.2. The lowest BCUT2D eigenvalue weighted by Gasteiger charge is -2.21. The number of aromatic nitrogens is 2. The Morgan fingerprint density at radius 2 is 1.41 bits per heavy atom. The predicted octanol–water partition coefficient (Wildman–Crippen LogP) is 5.10. The molecule has 0 radical (unpaired) electrons. The number of nitrogens with one attached hydrogen (secondary N) is 2. The molecule has 2 amide bonds. The minimum Gasteiger partial charge on any atom is -0.332 e. The molecule has 0 aliphatic heterocycles. The van der Waals surface area contributed by atoms with Crippen molar-refractivity contribution in [3.63, 3.8) is 0 Å². The number of rotatable bonds is 6. The highest BCUT2D eigenvalue weighted by Crippen LogP contribution is 2.28. The average Bonchev–Trinajstić information content (AvgIpc) is 3.43.